The van der Waals surface area contributed by atoms with Gasteiger partial charge in [-0.25, -0.2) is 4.79 Å². The Morgan fingerprint density at radius 1 is 1.14 bits per heavy atom. The average molecular weight is 302 g/mol. The summed E-state index contributed by atoms with van der Waals surface area (Å²) in [6.45, 7) is 5.69. The quantitative estimate of drug-likeness (QED) is 0.905. The number of nitrogens with zero attached hydrogens (tertiary/aromatic N) is 1. The normalized spacial score (nSPS) is 27.6. The number of carbonyl (C=O) groups excluding carboxylic acids is 1. The van der Waals surface area contributed by atoms with Gasteiger partial charge in [0, 0.05) is 23.8 Å². The van der Waals surface area contributed by atoms with Gasteiger partial charge in [0.1, 0.15) is 5.60 Å². The molecule has 2 fully saturated rings. The maximum Gasteiger partial charge on any atom is 0.407 e. The lowest BCUT2D eigenvalue weighted by Gasteiger charge is -2.40. The van der Waals surface area contributed by atoms with Gasteiger partial charge < -0.3 is 15.0 Å². The first kappa shape index (κ1) is 15.2. The van der Waals surface area contributed by atoms with E-state index in [-0.39, 0.29) is 12.1 Å². The highest BCUT2D eigenvalue weighted by atomic mass is 16.6. The maximum atomic E-state index is 12.0. The summed E-state index contributed by atoms with van der Waals surface area (Å²) in [7, 11) is 0. The summed E-state index contributed by atoms with van der Waals surface area (Å²) in [5.74, 6) is 0. The van der Waals surface area contributed by atoms with Crippen LogP contribution in [0.4, 0.5) is 10.5 Å². The van der Waals surface area contributed by atoms with Crippen LogP contribution in [0.5, 0.6) is 0 Å². The van der Waals surface area contributed by atoms with Crippen molar-refractivity contribution in [3.05, 3.63) is 30.3 Å². The fraction of sp³-hybridized carbons (Fsp3) is 0.611. The number of amides is 1. The molecule has 2 aliphatic rings. The van der Waals surface area contributed by atoms with Crippen LogP contribution in [0.3, 0.4) is 0 Å². The molecule has 0 spiro atoms. The third-order valence-corrected chi connectivity index (χ3v) is 4.51. The van der Waals surface area contributed by atoms with Crippen molar-refractivity contribution in [2.75, 3.05) is 4.90 Å². The van der Waals surface area contributed by atoms with E-state index in [1.807, 2.05) is 20.8 Å². The number of fused-ring (bicyclic) bond motifs is 2. The van der Waals surface area contributed by atoms with Crippen molar-refractivity contribution in [2.24, 2.45) is 0 Å². The predicted molar refractivity (Wildman–Crippen MR) is 88.1 cm³/mol. The zero-order chi connectivity index (χ0) is 15.7. The van der Waals surface area contributed by atoms with Crippen molar-refractivity contribution in [3.63, 3.8) is 0 Å². The fourth-order valence-electron chi connectivity index (χ4n) is 3.79. The second-order valence-corrected chi connectivity index (χ2v) is 7.44. The van der Waals surface area contributed by atoms with Gasteiger partial charge in [-0.05, 0) is 58.6 Å². The molecule has 2 heterocycles. The number of nitrogens with one attached hydrogen (secondary N) is 1. The molecule has 3 rings (SSSR count). The van der Waals surface area contributed by atoms with E-state index in [1.165, 1.54) is 18.5 Å². The number of para-hydroxylation sites is 1. The summed E-state index contributed by atoms with van der Waals surface area (Å²) in [6.07, 6.45) is 4.15. The largest absolute Gasteiger partial charge is 0.444 e. The van der Waals surface area contributed by atoms with Gasteiger partial charge in [0.25, 0.3) is 0 Å². The van der Waals surface area contributed by atoms with Crippen LogP contribution in [-0.4, -0.2) is 29.8 Å². The molecule has 0 aliphatic carbocycles. The van der Waals surface area contributed by atoms with Gasteiger partial charge in [0.05, 0.1) is 0 Å². The van der Waals surface area contributed by atoms with E-state index < -0.39 is 5.60 Å². The molecular formula is C18H26N2O2. The molecule has 2 aliphatic heterocycles. The summed E-state index contributed by atoms with van der Waals surface area (Å²) < 4.78 is 5.38. The van der Waals surface area contributed by atoms with Gasteiger partial charge in [-0.3, -0.25) is 0 Å². The Bertz CT molecular complexity index is 510. The van der Waals surface area contributed by atoms with Crippen LogP contribution >= 0.6 is 0 Å². The highest BCUT2D eigenvalue weighted by molar-refractivity contribution is 5.68. The zero-order valence-corrected chi connectivity index (χ0v) is 13.7. The van der Waals surface area contributed by atoms with E-state index in [9.17, 15) is 4.79 Å². The molecule has 4 heteroatoms. The van der Waals surface area contributed by atoms with Crippen molar-refractivity contribution >= 4 is 11.8 Å². The number of rotatable bonds is 2. The van der Waals surface area contributed by atoms with Crippen molar-refractivity contribution in [3.8, 4) is 0 Å². The first-order valence-electron chi connectivity index (χ1n) is 8.25. The Hall–Kier alpha value is -1.71. The molecule has 120 valence electrons. The minimum atomic E-state index is -0.437. The fourth-order valence-corrected chi connectivity index (χ4v) is 3.79. The molecular weight excluding hydrogens is 276 g/mol. The van der Waals surface area contributed by atoms with Gasteiger partial charge in [-0.2, -0.15) is 0 Å². The van der Waals surface area contributed by atoms with Crippen molar-refractivity contribution in [2.45, 2.75) is 70.2 Å². The van der Waals surface area contributed by atoms with Gasteiger partial charge in [0.15, 0.2) is 0 Å². The molecule has 0 radical (unpaired) electrons. The minimum absolute atomic E-state index is 0.229. The van der Waals surface area contributed by atoms with Gasteiger partial charge in [-0.15, -0.1) is 0 Å². The molecule has 0 aromatic heterocycles. The topological polar surface area (TPSA) is 41.6 Å². The van der Waals surface area contributed by atoms with E-state index in [0.717, 1.165) is 12.8 Å². The summed E-state index contributed by atoms with van der Waals surface area (Å²) in [5.41, 5.74) is 0.874. The van der Waals surface area contributed by atoms with E-state index in [0.29, 0.717) is 12.1 Å². The van der Waals surface area contributed by atoms with Crippen LogP contribution in [0.2, 0.25) is 0 Å². The number of piperidine rings is 1. The second kappa shape index (κ2) is 5.82. The van der Waals surface area contributed by atoms with Crippen molar-refractivity contribution in [1.82, 2.24) is 5.32 Å². The highest BCUT2D eigenvalue weighted by Crippen LogP contribution is 2.39. The molecule has 1 unspecified atom stereocenters. The minimum Gasteiger partial charge on any atom is -0.444 e. The Balaban J connectivity index is 1.62. The molecule has 22 heavy (non-hydrogen) atoms. The van der Waals surface area contributed by atoms with Crippen LogP contribution in [-0.2, 0) is 4.74 Å². The number of ether oxygens (including phenoxy) is 1. The summed E-state index contributed by atoms with van der Waals surface area (Å²) in [5, 5.41) is 3.06. The molecule has 1 aromatic rings. The summed E-state index contributed by atoms with van der Waals surface area (Å²) in [6, 6.07) is 11.9. The lowest BCUT2D eigenvalue weighted by atomic mass is 9.96. The molecule has 1 N–H and O–H groups in total. The molecule has 4 nitrogen and oxygen atoms in total. The van der Waals surface area contributed by atoms with Crippen LogP contribution in [0.15, 0.2) is 30.3 Å². The number of benzene rings is 1. The van der Waals surface area contributed by atoms with Gasteiger partial charge in [0.2, 0.25) is 0 Å². The Morgan fingerprint density at radius 2 is 1.73 bits per heavy atom. The summed E-state index contributed by atoms with van der Waals surface area (Å²) in [4.78, 5) is 14.5. The number of carbonyl (C=O) groups is 1. The molecule has 0 saturated carbocycles. The average Bonchev–Trinajstić information content (AvgIpc) is 2.69. The molecule has 2 bridgehead atoms. The Labute approximate surface area is 132 Å². The molecule has 3 atom stereocenters. The third-order valence-electron chi connectivity index (χ3n) is 4.51. The Kier molecular flexibility index (Phi) is 4.02. The number of hydrogen-bond donors (Lipinski definition) is 1. The smallest absolute Gasteiger partial charge is 0.407 e. The summed E-state index contributed by atoms with van der Waals surface area (Å²) >= 11 is 0. The first-order chi connectivity index (χ1) is 10.4. The van der Waals surface area contributed by atoms with Crippen LogP contribution in [0, 0.1) is 0 Å². The number of anilines is 1. The van der Waals surface area contributed by atoms with E-state index in [2.05, 4.69) is 40.5 Å². The molecule has 1 aromatic carbocycles. The lowest BCUT2D eigenvalue weighted by Crippen LogP contribution is -2.51. The van der Waals surface area contributed by atoms with Crippen LogP contribution in [0.1, 0.15) is 46.5 Å². The monoisotopic (exact) mass is 302 g/mol. The zero-order valence-electron chi connectivity index (χ0n) is 13.7. The number of alkyl carbamates (subject to hydrolysis) is 1. The SMILES string of the molecule is CC(C)(C)OC(=O)NC1C[C@H]2CC[C@@H](C1)N2c1ccccc1. The van der Waals surface area contributed by atoms with Crippen molar-refractivity contribution < 1.29 is 9.53 Å². The van der Waals surface area contributed by atoms with E-state index in [4.69, 9.17) is 4.74 Å². The standard InChI is InChI=1S/C18H26N2O2/c1-18(2,3)22-17(21)19-13-11-15-9-10-16(12-13)20(15)14-7-5-4-6-8-14/h4-8,13,15-16H,9-12H2,1-3H3,(H,19,21)/t13?,15-,16+. The van der Waals surface area contributed by atoms with Crippen LogP contribution < -0.4 is 10.2 Å². The molecule has 1 amide bonds. The number of hydrogen-bond acceptors (Lipinski definition) is 3. The van der Waals surface area contributed by atoms with Gasteiger partial charge in [-0.1, -0.05) is 18.2 Å². The highest BCUT2D eigenvalue weighted by Gasteiger charge is 2.41. The first-order valence-corrected chi connectivity index (χ1v) is 8.25. The third kappa shape index (κ3) is 3.37. The predicted octanol–water partition coefficient (Wildman–Crippen LogP) is 3.71. The van der Waals surface area contributed by atoms with Crippen LogP contribution in [0.25, 0.3) is 0 Å². The van der Waals surface area contributed by atoms with Crippen molar-refractivity contribution in [1.29, 1.82) is 0 Å². The lowest BCUT2D eigenvalue weighted by molar-refractivity contribution is 0.0492. The van der Waals surface area contributed by atoms with E-state index >= 15 is 0 Å². The van der Waals surface area contributed by atoms with E-state index in [1.54, 1.807) is 0 Å². The van der Waals surface area contributed by atoms with Gasteiger partial charge >= 0.3 is 6.09 Å². The second-order valence-electron chi connectivity index (χ2n) is 7.44. The maximum absolute atomic E-state index is 12.0. The molecule has 2 saturated heterocycles. The Morgan fingerprint density at radius 3 is 2.27 bits per heavy atom.